The normalized spacial score (nSPS) is 14.0. The van der Waals surface area contributed by atoms with Crippen LogP contribution in [0, 0.1) is 0 Å². The summed E-state index contributed by atoms with van der Waals surface area (Å²) in [7, 11) is 0.879. The topological polar surface area (TPSA) is 17.0 Å². The third kappa shape index (κ3) is 4.10. The smallest absolute Gasteiger partial charge is 0.198 e. The molecule has 1 aliphatic heterocycles. The van der Waals surface area contributed by atoms with Crippen molar-refractivity contribution in [3.05, 3.63) is 150 Å². The van der Waals surface area contributed by atoms with Crippen molar-refractivity contribution in [2.24, 2.45) is 0 Å². The Hall–Kier alpha value is -5.54. The van der Waals surface area contributed by atoms with Gasteiger partial charge in [0.05, 0.1) is 0 Å². The van der Waals surface area contributed by atoms with Crippen molar-refractivity contribution in [2.45, 2.75) is 45.4 Å². The molecule has 0 amide bonds. The van der Waals surface area contributed by atoms with E-state index in [9.17, 15) is 0 Å². The number of nitrogens with one attached hydrogen (secondary N) is 1. The molecule has 10 rings (SSSR count). The Morgan fingerprint density at radius 2 is 1.28 bits per heavy atom. The Bertz CT molecular complexity index is 2700. The van der Waals surface area contributed by atoms with Crippen molar-refractivity contribution in [2.75, 3.05) is 5.32 Å². The fourth-order valence-corrected chi connectivity index (χ4v) is 9.02. The second-order valence-electron chi connectivity index (χ2n) is 15.9. The number of hydrogen-bond acceptors (Lipinski definition) is 1. The van der Waals surface area contributed by atoms with Gasteiger partial charge in [0.2, 0.25) is 0 Å². The van der Waals surface area contributed by atoms with Gasteiger partial charge in [0, 0.05) is 55.6 Å². The lowest BCUT2D eigenvalue weighted by molar-refractivity contribution is 0.590. The van der Waals surface area contributed by atoms with E-state index >= 15 is 0 Å². The van der Waals surface area contributed by atoms with E-state index in [1.165, 1.54) is 88.1 Å². The lowest BCUT2D eigenvalue weighted by Gasteiger charge is -2.31. The molecule has 7 aromatic carbocycles. The van der Waals surface area contributed by atoms with E-state index in [0.717, 1.165) is 18.7 Å². The summed E-state index contributed by atoms with van der Waals surface area (Å²) < 4.78 is 2.67. The van der Waals surface area contributed by atoms with Crippen LogP contribution in [0.3, 0.4) is 0 Å². The Labute approximate surface area is 294 Å². The van der Waals surface area contributed by atoms with Gasteiger partial charge in [-0.3, -0.25) is 0 Å². The highest BCUT2D eigenvalue weighted by molar-refractivity contribution is 6.73. The van der Waals surface area contributed by atoms with Gasteiger partial charge in [-0.2, -0.15) is 0 Å². The molecule has 1 N–H and O–H groups in total. The number of aromatic nitrogens is 1. The van der Waals surface area contributed by atoms with Gasteiger partial charge in [-0.25, -0.2) is 0 Å². The van der Waals surface area contributed by atoms with Gasteiger partial charge in [0.1, 0.15) is 0 Å². The molecule has 0 spiro atoms. The van der Waals surface area contributed by atoms with Crippen molar-refractivity contribution < 1.29 is 0 Å². The van der Waals surface area contributed by atoms with E-state index in [1.54, 1.807) is 0 Å². The molecule has 0 fully saturated rings. The molecule has 8 aromatic rings. The van der Waals surface area contributed by atoms with Crippen LogP contribution in [0.5, 0.6) is 0 Å². The Balaban J connectivity index is 1.28. The molecule has 3 heteroatoms. The van der Waals surface area contributed by atoms with Crippen LogP contribution in [0.2, 0.25) is 0 Å². The fraction of sp³-hybridized carbons (Fsp3) is 0.149. The van der Waals surface area contributed by atoms with E-state index < -0.39 is 0 Å². The largest absolute Gasteiger partial charge is 0.355 e. The monoisotopic (exact) mass is 642 g/mol. The summed E-state index contributed by atoms with van der Waals surface area (Å²) in [4.78, 5) is 0. The predicted molar refractivity (Wildman–Crippen MR) is 216 cm³/mol. The summed E-state index contributed by atoms with van der Waals surface area (Å²) in [6.45, 7) is 11.6. The average Bonchev–Trinajstić information content (AvgIpc) is 3.59. The number of nitrogens with zero attached hydrogens (tertiary/aromatic N) is 1. The molecule has 240 valence electrons. The maximum absolute atomic E-state index is 3.89. The van der Waals surface area contributed by atoms with Crippen LogP contribution >= 0.6 is 0 Å². The molecule has 2 aliphatic rings. The van der Waals surface area contributed by atoms with Gasteiger partial charge < -0.3 is 9.88 Å². The third-order valence-electron chi connectivity index (χ3n) is 11.5. The van der Waals surface area contributed by atoms with Crippen molar-refractivity contribution in [1.29, 1.82) is 0 Å². The molecule has 2 heterocycles. The summed E-state index contributed by atoms with van der Waals surface area (Å²) in [5, 5.41) is 10.3. The third-order valence-corrected chi connectivity index (χ3v) is 11.5. The highest BCUT2D eigenvalue weighted by atomic mass is 15.0. The molecule has 0 saturated heterocycles. The standard InChI is InChI=1S/C47H39BN2/c1-46(2,3)31-21-23-32(24-22-31)49-40-27-29-14-7-6-13-28(29)25-36(40)37-26-30-15-8-9-16-33(30)44-42(37)48-39-20-12-18-35-41-34-17-10-11-19-38(34)47(4,5)45(41)50(44)43(35)39/h6-27,48-49H,1-5H3. The summed E-state index contributed by atoms with van der Waals surface area (Å²) in [6, 6.07) is 49.9. The minimum atomic E-state index is -0.150. The number of fused-ring (bicyclic) bond motifs is 10. The van der Waals surface area contributed by atoms with Crippen molar-refractivity contribution in [3.63, 3.8) is 0 Å². The number of rotatable bonds is 3. The van der Waals surface area contributed by atoms with Gasteiger partial charge in [0.25, 0.3) is 0 Å². The maximum atomic E-state index is 3.89. The molecular formula is C47H39BN2. The zero-order valence-corrected chi connectivity index (χ0v) is 29.4. The zero-order valence-electron chi connectivity index (χ0n) is 29.4. The molecular weight excluding hydrogens is 603 g/mol. The van der Waals surface area contributed by atoms with Gasteiger partial charge in [-0.1, -0.05) is 143 Å². The van der Waals surface area contributed by atoms with Crippen LogP contribution in [-0.2, 0) is 10.8 Å². The highest BCUT2D eigenvalue weighted by Gasteiger charge is 2.43. The van der Waals surface area contributed by atoms with E-state index in [-0.39, 0.29) is 10.8 Å². The number of benzene rings is 7. The summed E-state index contributed by atoms with van der Waals surface area (Å²) in [5.41, 5.74) is 17.1. The molecule has 1 aliphatic carbocycles. The van der Waals surface area contributed by atoms with Crippen LogP contribution in [-0.4, -0.2) is 11.8 Å². The first-order valence-corrected chi connectivity index (χ1v) is 17.9. The first kappa shape index (κ1) is 29.4. The van der Waals surface area contributed by atoms with Gasteiger partial charge in [-0.05, 0) is 79.6 Å². The molecule has 0 radical (unpaired) electrons. The van der Waals surface area contributed by atoms with Gasteiger partial charge >= 0.3 is 0 Å². The summed E-state index contributed by atoms with van der Waals surface area (Å²) in [5.74, 6) is 0. The minimum absolute atomic E-state index is 0.104. The molecule has 50 heavy (non-hydrogen) atoms. The lowest BCUT2D eigenvalue weighted by Crippen LogP contribution is -2.39. The van der Waals surface area contributed by atoms with Crippen LogP contribution in [0.4, 0.5) is 11.4 Å². The van der Waals surface area contributed by atoms with E-state index in [1.807, 2.05) is 0 Å². The van der Waals surface area contributed by atoms with Crippen LogP contribution < -0.4 is 16.2 Å². The summed E-state index contributed by atoms with van der Waals surface area (Å²) in [6.07, 6.45) is 0. The Morgan fingerprint density at radius 1 is 0.620 bits per heavy atom. The molecule has 1 aromatic heterocycles. The molecule has 0 unspecified atom stereocenters. The first-order chi connectivity index (χ1) is 24.2. The zero-order chi connectivity index (χ0) is 33.9. The molecule has 0 bridgehead atoms. The van der Waals surface area contributed by atoms with Gasteiger partial charge in [0.15, 0.2) is 7.28 Å². The Morgan fingerprint density at radius 3 is 2.06 bits per heavy atom. The number of anilines is 2. The molecule has 2 nitrogen and oxygen atoms in total. The van der Waals surface area contributed by atoms with E-state index in [4.69, 9.17) is 0 Å². The van der Waals surface area contributed by atoms with Crippen LogP contribution in [0.1, 0.15) is 51.4 Å². The quantitative estimate of drug-likeness (QED) is 0.190. The second kappa shape index (κ2) is 10.2. The van der Waals surface area contributed by atoms with Crippen molar-refractivity contribution >= 4 is 62.0 Å². The first-order valence-electron chi connectivity index (χ1n) is 17.9. The van der Waals surface area contributed by atoms with E-state index in [2.05, 4.69) is 178 Å². The van der Waals surface area contributed by atoms with Crippen LogP contribution in [0.15, 0.2) is 133 Å². The maximum Gasteiger partial charge on any atom is 0.198 e. The average molecular weight is 643 g/mol. The summed E-state index contributed by atoms with van der Waals surface area (Å²) >= 11 is 0. The predicted octanol–water partition coefficient (Wildman–Crippen LogP) is 10.7. The van der Waals surface area contributed by atoms with E-state index in [0.29, 0.717) is 0 Å². The minimum Gasteiger partial charge on any atom is -0.355 e. The fourth-order valence-electron chi connectivity index (χ4n) is 9.02. The SMILES string of the molecule is CC(C)(C)c1ccc(Nc2cc3ccccc3cc2-c2cc3ccccc3c3c2Bc2cccc4c5c(n-3c24)C(C)(C)c2ccccc2-5)cc1. The van der Waals surface area contributed by atoms with Crippen molar-refractivity contribution in [1.82, 2.24) is 4.57 Å². The Kier molecular flexibility index (Phi) is 6.02. The van der Waals surface area contributed by atoms with Gasteiger partial charge in [-0.15, -0.1) is 0 Å². The molecule has 0 atom stereocenters. The van der Waals surface area contributed by atoms with Crippen LogP contribution in [0.25, 0.3) is 60.4 Å². The van der Waals surface area contributed by atoms with Crippen molar-refractivity contribution in [3.8, 4) is 27.9 Å². The lowest BCUT2D eigenvalue weighted by atomic mass is 9.58. The number of para-hydroxylation sites is 1. The second-order valence-corrected chi connectivity index (χ2v) is 15.9. The molecule has 0 saturated carbocycles. The number of hydrogen-bond donors (Lipinski definition) is 1. The highest BCUT2D eigenvalue weighted by Crippen LogP contribution is 2.54.